The van der Waals surface area contributed by atoms with Crippen LogP contribution in [0.15, 0.2) is 140 Å². The van der Waals surface area contributed by atoms with Crippen molar-refractivity contribution in [2.24, 2.45) is 0 Å². The molecule has 0 N–H and O–H groups in total. The number of fused-ring (bicyclic) bond motifs is 6. The molecule has 0 unspecified atom stereocenters. The Labute approximate surface area is 251 Å². The van der Waals surface area contributed by atoms with Crippen LogP contribution in [0.4, 0.5) is 0 Å². The minimum absolute atomic E-state index is 0.733. The van der Waals surface area contributed by atoms with E-state index in [9.17, 15) is 0 Å². The number of benzene rings is 3. The first-order valence-corrected chi connectivity index (χ1v) is 14.4. The van der Waals surface area contributed by atoms with Crippen molar-refractivity contribution in [3.63, 3.8) is 0 Å². The van der Waals surface area contributed by atoms with E-state index in [1.165, 1.54) is 0 Å². The molecule has 3 aromatic carbocycles. The van der Waals surface area contributed by atoms with Crippen LogP contribution in [0.2, 0.25) is 0 Å². The Balaban J connectivity index is 1.41. The number of nitrogens with zero attached hydrogens (tertiary/aromatic N) is 7. The number of hydrogen-bond donors (Lipinski definition) is 0. The Morgan fingerprint density at radius 1 is 0.409 bits per heavy atom. The van der Waals surface area contributed by atoms with E-state index >= 15 is 0 Å². The van der Waals surface area contributed by atoms with E-state index in [2.05, 4.69) is 73.7 Å². The molecule has 0 aliphatic heterocycles. The molecule has 7 heteroatoms. The van der Waals surface area contributed by atoms with Gasteiger partial charge in [0.1, 0.15) is 16.6 Å². The lowest BCUT2D eigenvalue weighted by Crippen LogP contribution is -2.00. The Morgan fingerprint density at radius 3 is 1.75 bits per heavy atom. The third kappa shape index (κ3) is 3.73. The summed E-state index contributed by atoms with van der Waals surface area (Å²) in [6, 6.07) is 41.0. The van der Waals surface area contributed by atoms with E-state index in [0.29, 0.717) is 0 Å². The van der Waals surface area contributed by atoms with Crippen molar-refractivity contribution in [2.75, 3.05) is 0 Å². The molecule has 0 aliphatic carbocycles. The molecule has 6 aromatic heterocycles. The first-order valence-electron chi connectivity index (χ1n) is 14.4. The fraction of sp³-hybridized carbons (Fsp3) is 0. The highest BCUT2D eigenvalue weighted by Gasteiger charge is 2.22. The lowest BCUT2D eigenvalue weighted by Gasteiger charge is -2.13. The van der Waals surface area contributed by atoms with E-state index in [4.69, 9.17) is 15.0 Å². The molecular formula is C37H23N7. The highest BCUT2D eigenvalue weighted by atomic mass is 15.1. The van der Waals surface area contributed by atoms with E-state index < -0.39 is 0 Å². The van der Waals surface area contributed by atoms with E-state index in [0.717, 1.165) is 78.2 Å². The number of rotatable bonds is 4. The van der Waals surface area contributed by atoms with Crippen LogP contribution in [-0.4, -0.2) is 34.1 Å². The maximum absolute atomic E-state index is 5.40. The number of pyridine rings is 3. The molecule has 0 aliphatic rings. The Bertz CT molecular complexity index is 2420. The smallest absolute Gasteiger partial charge is 0.168 e. The van der Waals surface area contributed by atoms with Crippen molar-refractivity contribution in [2.45, 2.75) is 0 Å². The molecule has 6 heterocycles. The van der Waals surface area contributed by atoms with E-state index in [-0.39, 0.29) is 0 Å². The van der Waals surface area contributed by atoms with Gasteiger partial charge in [0.2, 0.25) is 0 Å². The van der Waals surface area contributed by atoms with Gasteiger partial charge in [-0.15, -0.1) is 0 Å². The highest BCUT2D eigenvalue weighted by Crippen LogP contribution is 2.36. The summed E-state index contributed by atoms with van der Waals surface area (Å²) in [6.07, 6.45) is 5.45. The van der Waals surface area contributed by atoms with Gasteiger partial charge in [-0.25, -0.2) is 9.97 Å². The van der Waals surface area contributed by atoms with Gasteiger partial charge in [0, 0.05) is 46.5 Å². The normalized spacial score (nSPS) is 11.6. The van der Waals surface area contributed by atoms with Crippen LogP contribution < -0.4 is 0 Å². The molecule has 0 saturated carbocycles. The van der Waals surface area contributed by atoms with Crippen molar-refractivity contribution in [3.05, 3.63) is 140 Å². The lowest BCUT2D eigenvalue weighted by atomic mass is 10.0. The van der Waals surface area contributed by atoms with Gasteiger partial charge in [0.05, 0.1) is 22.4 Å². The third-order valence-corrected chi connectivity index (χ3v) is 8.05. The van der Waals surface area contributed by atoms with Crippen LogP contribution in [0.3, 0.4) is 0 Å². The first kappa shape index (κ1) is 24.4. The van der Waals surface area contributed by atoms with Crippen LogP contribution in [0.5, 0.6) is 0 Å². The van der Waals surface area contributed by atoms with Gasteiger partial charge in [-0.1, -0.05) is 48.5 Å². The van der Waals surface area contributed by atoms with Gasteiger partial charge < -0.3 is 0 Å². The number of para-hydroxylation sites is 2. The largest absolute Gasteiger partial charge is 0.292 e. The number of hydrogen-bond acceptors (Lipinski definition) is 5. The second-order valence-corrected chi connectivity index (χ2v) is 10.7. The summed E-state index contributed by atoms with van der Waals surface area (Å²) >= 11 is 0. The fourth-order valence-electron chi connectivity index (χ4n) is 6.13. The minimum atomic E-state index is 0.733. The second kappa shape index (κ2) is 9.68. The molecule has 44 heavy (non-hydrogen) atoms. The molecule has 0 amide bonds. The molecule has 0 spiro atoms. The minimum Gasteiger partial charge on any atom is -0.292 e. The van der Waals surface area contributed by atoms with Gasteiger partial charge >= 0.3 is 0 Å². The monoisotopic (exact) mass is 565 g/mol. The molecule has 0 saturated heterocycles. The molecule has 0 radical (unpaired) electrons. The van der Waals surface area contributed by atoms with Gasteiger partial charge in [0.15, 0.2) is 11.3 Å². The standard InChI is InChI=1S/C37H23N7/c1-2-11-26(12-3-1)43-31-16-5-4-13-28(31)33-36(43)42-37-35(41-33)34-32(17-10-20-40-34)44(37)27-22-24(29-14-6-8-18-38-29)21-25(23-27)30-15-7-9-19-39-30/h1-23H. The molecule has 7 nitrogen and oxygen atoms in total. The average molecular weight is 566 g/mol. The van der Waals surface area contributed by atoms with Gasteiger partial charge in [-0.2, -0.15) is 0 Å². The second-order valence-electron chi connectivity index (χ2n) is 10.7. The Hall–Kier alpha value is -6.21. The SMILES string of the molecule is c1ccc(-n2c3ccccc3c3nc4c5ncccc5n(-c5cc(-c6ccccn6)cc(-c6ccccn6)c5)c4nc32)cc1. The van der Waals surface area contributed by atoms with Gasteiger partial charge in [-0.05, 0) is 72.8 Å². The summed E-state index contributed by atoms with van der Waals surface area (Å²) < 4.78 is 4.35. The molecule has 0 fully saturated rings. The van der Waals surface area contributed by atoms with Crippen molar-refractivity contribution in [1.29, 1.82) is 0 Å². The summed E-state index contributed by atoms with van der Waals surface area (Å²) in [5.41, 5.74) is 11.6. The van der Waals surface area contributed by atoms with Crippen molar-refractivity contribution in [1.82, 2.24) is 34.1 Å². The van der Waals surface area contributed by atoms with Crippen LogP contribution in [-0.2, 0) is 0 Å². The van der Waals surface area contributed by atoms with Gasteiger partial charge in [0.25, 0.3) is 0 Å². The maximum atomic E-state index is 5.40. The lowest BCUT2D eigenvalue weighted by molar-refractivity contribution is 1.10. The van der Waals surface area contributed by atoms with Crippen molar-refractivity contribution in [3.8, 4) is 33.9 Å². The van der Waals surface area contributed by atoms with Crippen LogP contribution in [0, 0.1) is 0 Å². The maximum Gasteiger partial charge on any atom is 0.168 e. The van der Waals surface area contributed by atoms with Crippen molar-refractivity contribution >= 4 is 44.3 Å². The summed E-state index contributed by atoms with van der Waals surface area (Å²) in [7, 11) is 0. The van der Waals surface area contributed by atoms with Crippen LogP contribution in [0.25, 0.3) is 78.2 Å². The third-order valence-electron chi connectivity index (χ3n) is 8.05. The van der Waals surface area contributed by atoms with Crippen LogP contribution >= 0.6 is 0 Å². The summed E-state index contributed by atoms with van der Waals surface area (Å²) in [4.78, 5) is 24.8. The van der Waals surface area contributed by atoms with Crippen LogP contribution in [0.1, 0.15) is 0 Å². The molecular weight excluding hydrogens is 542 g/mol. The topological polar surface area (TPSA) is 74.3 Å². The first-order chi connectivity index (χ1) is 21.8. The molecule has 9 aromatic rings. The van der Waals surface area contributed by atoms with Gasteiger partial charge in [-0.3, -0.25) is 24.1 Å². The van der Waals surface area contributed by atoms with E-state index in [1.807, 2.05) is 85.3 Å². The molecule has 0 bridgehead atoms. The zero-order valence-corrected chi connectivity index (χ0v) is 23.4. The van der Waals surface area contributed by atoms with E-state index in [1.54, 1.807) is 0 Å². The average Bonchev–Trinajstić information content (AvgIpc) is 3.60. The quantitative estimate of drug-likeness (QED) is 0.215. The molecule has 0 atom stereocenters. The Kier molecular flexibility index (Phi) is 5.36. The zero-order chi connectivity index (χ0) is 29.0. The fourth-order valence-corrected chi connectivity index (χ4v) is 6.13. The predicted octanol–water partition coefficient (Wildman–Crippen LogP) is 8.19. The number of aromatic nitrogens is 7. The molecule has 9 rings (SSSR count). The predicted molar refractivity (Wildman–Crippen MR) is 175 cm³/mol. The highest BCUT2D eigenvalue weighted by molar-refractivity contribution is 6.11. The Morgan fingerprint density at radius 2 is 1.02 bits per heavy atom. The molecule has 206 valence electrons. The summed E-state index contributed by atoms with van der Waals surface area (Å²) in [6.45, 7) is 0. The summed E-state index contributed by atoms with van der Waals surface area (Å²) in [5.74, 6) is 0. The summed E-state index contributed by atoms with van der Waals surface area (Å²) in [5, 5.41) is 1.05. The zero-order valence-electron chi connectivity index (χ0n) is 23.4. The van der Waals surface area contributed by atoms with Crippen molar-refractivity contribution < 1.29 is 0 Å².